The van der Waals surface area contributed by atoms with E-state index in [4.69, 9.17) is 0 Å². The van der Waals surface area contributed by atoms with E-state index in [1.54, 1.807) is 0 Å². The van der Waals surface area contributed by atoms with E-state index in [9.17, 15) is 9.59 Å². The second-order valence-electron chi connectivity index (χ2n) is 4.88. The van der Waals surface area contributed by atoms with Crippen molar-refractivity contribution in [1.82, 2.24) is 14.7 Å². The Labute approximate surface area is 129 Å². The molecule has 0 amide bonds. The van der Waals surface area contributed by atoms with E-state index in [0.29, 0.717) is 17.1 Å². The number of rotatable bonds is 3. The first kappa shape index (κ1) is 12.3. The van der Waals surface area contributed by atoms with Gasteiger partial charge in [-0.1, -0.05) is 0 Å². The van der Waals surface area contributed by atoms with Gasteiger partial charge in [0.1, 0.15) is 11.4 Å². The molecule has 5 nitrogen and oxygen atoms in total. The van der Waals surface area contributed by atoms with Crippen LogP contribution in [0.3, 0.4) is 0 Å². The van der Waals surface area contributed by atoms with Crippen molar-refractivity contribution in [3.05, 3.63) is 23.2 Å². The van der Waals surface area contributed by atoms with Crippen molar-refractivity contribution < 1.29 is 40.6 Å². The smallest absolute Gasteiger partial charge is 1.00 e. The molecule has 4 rings (SSSR count). The molecular weight excluding hydrogens is 241 g/mol. The van der Waals surface area contributed by atoms with Crippen LogP contribution in [0, 0.1) is 0 Å². The molecule has 0 saturated carbocycles. The zero-order valence-electron chi connectivity index (χ0n) is 11.5. The maximum Gasteiger partial charge on any atom is 1.00 e. The average Bonchev–Trinajstić information content (AvgIpc) is 3.13. The Bertz CT molecular complexity index is 505. The number of hydrogen-bond acceptors (Lipinski definition) is 5. The van der Waals surface area contributed by atoms with Crippen LogP contribution < -0.4 is 29.6 Å². The minimum Gasteiger partial charge on any atom is -1.00 e. The molecule has 18 heavy (non-hydrogen) atoms. The number of nitrogens with zero attached hydrogens (tertiary/aromatic N) is 3. The van der Waals surface area contributed by atoms with Crippen molar-refractivity contribution in [2.24, 2.45) is 0 Å². The summed E-state index contributed by atoms with van der Waals surface area (Å²) in [6.45, 7) is 5.41. The zero-order valence-corrected chi connectivity index (χ0v) is 12.5. The van der Waals surface area contributed by atoms with Gasteiger partial charge in [0.15, 0.2) is 0 Å². The maximum atomic E-state index is 12.4. The van der Waals surface area contributed by atoms with Crippen molar-refractivity contribution in [1.29, 1.82) is 0 Å². The number of Topliss-reactive ketones (excluding diaryl/α,β-unsaturated/α-hetero) is 1. The third-order valence-electron chi connectivity index (χ3n) is 3.49. The summed E-state index contributed by atoms with van der Waals surface area (Å²) in [5.41, 5.74) is 1.89. The molecular formula is C12H14N3NaO2. The maximum absolute atomic E-state index is 12.4. The van der Waals surface area contributed by atoms with Crippen molar-refractivity contribution in [2.75, 3.05) is 39.3 Å². The molecule has 1 aliphatic carbocycles. The molecule has 6 heteroatoms. The number of ketones is 2. The molecule has 0 bridgehead atoms. The topological polar surface area (TPSA) is 43.2 Å². The van der Waals surface area contributed by atoms with E-state index in [0.717, 1.165) is 39.3 Å². The van der Waals surface area contributed by atoms with Crippen LogP contribution in [0.5, 0.6) is 0 Å². The van der Waals surface area contributed by atoms with Gasteiger partial charge >= 0.3 is 29.6 Å². The first-order valence-electron chi connectivity index (χ1n) is 6.05. The summed E-state index contributed by atoms with van der Waals surface area (Å²) in [7, 11) is 0. The second kappa shape index (κ2) is 4.11. The van der Waals surface area contributed by atoms with E-state index in [2.05, 4.69) is 0 Å². The Morgan fingerprint density at radius 2 is 1.33 bits per heavy atom. The van der Waals surface area contributed by atoms with Crippen molar-refractivity contribution >= 4 is 11.6 Å². The van der Waals surface area contributed by atoms with Gasteiger partial charge in [-0.2, -0.15) is 0 Å². The minimum atomic E-state index is 0. The number of carbonyl (C=O) groups excluding carboxylic acids is 2. The molecule has 3 aliphatic heterocycles. The van der Waals surface area contributed by atoms with Crippen LogP contribution in [0.4, 0.5) is 0 Å². The normalized spacial score (nSPS) is 25.1. The van der Waals surface area contributed by atoms with Gasteiger partial charge in [0.2, 0.25) is 11.6 Å². The van der Waals surface area contributed by atoms with Gasteiger partial charge in [-0.3, -0.25) is 9.59 Å². The third-order valence-corrected chi connectivity index (χ3v) is 3.49. The number of hydrogen-bond donors (Lipinski definition) is 0. The summed E-state index contributed by atoms with van der Waals surface area (Å²) >= 11 is 0. The van der Waals surface area contributed by atoms with E-state index < -0.39 is 0 Å². The Morgan fingerprint density at radius 3 is 1.83 bits per heavy atom. The molecule has 0 N–H and O–H groups in total. The van der Waals surface area contributed by atoms with Gasteiger partial charge < -0.3 is 16.1 Å². The molecule has 3 saturated heterocycles. The van der Waals surface area contributed by atoms with Gasteiger partial charge in [0.05, 0.1) is 5.70 Å². The third kappa shape index (κ3) is 1.90. The molecule has 0 radical (unpaired) electrons. The van der Waals surface area contributed by atoms with Gasteiger partial charge in [-0.25, -0.2) is 0 Å². The monoisotopic (exact) mass is 255 g/mol. The Hall–Kier alpha value is -0.780. The molecule has 4 aliphatic rings. The largest absolute Gasteiger partial charge is 1.00 e. The standard InChI is InChI=1S/C12H13N3O2.Na.H/c16-9-7-8(13-1-2-13)12(17)11(15-5-6-15)10(9)14-3-4-14;;/h7H,1-6H2;;/q;+1;-1. The molecule has 0 aromatic rings. The SMILES string of the molecule is O=C1C=C(N2CC2)C(=O)C(N2CC2)=C1N1CC1.[H-].[Na+]. The fourth-order valence-electron chi connectivity index (χ4n) is 2.28. The molecule has 0 aromatic carbocycles. The average molecular weight is 255 g/mol. The van der Waals surface area contributed by atoms with Gasteiger partial charge in [-0.15, -0.1) is 0 Å². The van der Waals surface area contributed by atoms with E-state index in [-0.39, 0.29) is 42.6 Å². The summed E-state index contributed by atoms with van der Waals surface area (Å²) in [4.78, 5) is 30.5. The molecule has 0 unspecified atom stereocenters. The fraction of sp³-hybridized carbons (Fsp3) is 0.500. The molecule has 0 spiro atoms. The summed E-state index contributed by atoms with van der Waals surface area (Å²) in [5.74, 6) is 0.0485. The van der Waals surface area contributed by atoms with Crippen molar-refractivity contribution in [2.45, 2.75) is 0 Å². The van der Waals surface area contributed by atoms with Crippen molar-refractivity contribution in [3.63, 3.8) is 0 Å². The molecule has 90 valence electrons. The van der Waals surface area contributed by atoms with Crippen LogP contribution in [-0.4, -0.2) is 65.5 Å². The van der Waals surface area contributed by atoms with Crippen molar-refractivity contribution in [3.8, 4) is 0 Å². The van der Waals surface area contributed by atoms with Gasteiger partial charge in [0.25, 0.3) is 0 Å². The van der Waals surface area contributed by atoms with E-state index >= 15 is 0 Å². The van der Waals surface area contributed by atoms with Crippen LogP contribution >= 0.6 is 0 Å². The molecule has 0 aromatic heterocycles. The molecule has 0 atom stereocenters. The Kier molecular flexibility index (Phi) is 2.80. The van der Waals surface area contributed by atoms with Crippen LogP contribution in [0.1, 0.15) is 1.43 Å². The minimum absolute atomic E-state index is 0. The summed E-state index contributed by atoms with van der Waals surface area (Å²) < 4.78 is 0. The van der Waals surface area contributed by atoms with E-state index in [1.807, 2.05) is 14.7 Å². The van der Waals surface area contributed by atoms with Gasteiger partial charge in [-0.05, 0) is 0 Å². The first-order chi connectivity index (χ1) is 8.25. The predicted octanol–water partition coefficient (Wildman–Crippen LogP) is -3.70. The summed E-state index contributed by atoms with van der Waals surface area (Å²) in [6.07, 6.45) is 1.52. The van der Waals surface area contributed by atoms with E-state index in [1.165, 1.54) is 6.08 Å². The predicted molar refractivity (Wildman–Crippen MR) is 61.0 cm³/mol. The van der Waals surface area contributed by atoms with Crippen LogP contribution in [0.2, 0.25) is 0 Å². The quantitative estimate of drug-likeness (QED) is 0.295. The molecule has 3 fully saturated rings. The second-order valence-corrected chi connectivity index (χ2v) is 4.88. The van der Waals surface area contributed by atoms with Crippen LogP contribution in [-0.2, 0) is 9.59 Å². The summed E-state index contributed by atoms with van der Waals surface area (Å²) in [5, 5.41) is 0. The number of allylic oxidation sites excluding steroid dienone is 1. The number of carbonyl (C=O) groups is 2. The molecule has 3 heterocycles. The first-order valence-corrected chi connectivity index (χ1v) is 6.05. The van der Waals surface area contributed by atoms with Crippen LogP contribution in [0.25, 0.3) is 0 Å². The van der Waals surface area contributed by atoms with Crippen LogP contribution in [0.15, 0.2) is 23.2 Å². The Morgan fingerprint density at radius 1 is 0.833 bits per heavy atom. The fourth-order valence-corrected chi connectivity index (χ4v) is 2.28. The zero-order chi connectivity index (χ0) is 11.6. The summed E-state index contributed by atoms with van der Waals surface area (Å²) in [6, 6.07) is 0. The van der Waals surface area contributed by atoms with Gasteiger partial charge in [0, 0.05) is 45.3 Å². The Balaban J connectivity index is 0.000000667.